The average Bonchev–Trinajstić information content (AvgIpc) is 3.05. The lowest BCUT2D eigenvalue weighted by molar-refractivity contribution is -0.133. The third-order valence-electron chi connectivity index (χ3n) is 5.47. The van der Waals surface area contributed by atoms with Crippen LogP contribution < -0.4 is 4.90 Å². The van der Waals surface area contributed by atoms with Gasteiger partial charge in [0.2, 0.25) is 5.91 Å². The van der Waals surface area contributed by atoms with Crippen molar-refractivity contribution in [3.8, 4) is 0 Å². The first-order chi connectivity index (χ1) is 12.5. The van der Waals surface area contributed by atoms with Crippen molar-refractivity contribution in [3.05, 3.63) is 11.4 Å². The van der Waals surface area contributed by atoms with E-state index in [1.54, 1.807) is 0 Å². The summed E-state index contributed by atoms with van der Waals surface area (Å²) in [6, 6.07) is -0.0582. The van der Waals surface area contributed by atoms with E-state index in [1.165, 1.54) is 0 Å². The Hall–Kier alpha value is -1.57. The van der Waals surface area contributed by atoms with E-state index in [9.17, 15) is 13.2 Å². The van der Waals surface area contributed by atoms with Gasteiger partial charge in [0.25, 0.3) is 0 Å². The van der Waals surface area contributed by atoms with Gasteiger partial charge in [-0.1, -0.05) is 20.8 Å². The van der Waals surface area contributed by atoms with E-state index in [-0.39, 0.29) is 28.9 Å². The van der Waals surface area contributed by atoms with E-state index in [4.69, 9.17) is 0 Å². The van der Waals surface area contributed by atoms with Crippen molar-refractivity contribution in [3.63, 3.8) is 0 Å². The monoisotopic (exact) mass is 396 g/mol. The molecule has 0 saturated carbocycles. The fourth-order valence-corrected chi connectivity index (χ4v) is 5.87. The van der Waals surface area contributed by atoms with Gasteiger partial charge in [0, 0.05) is 32.6 Å². The van der Waals surface area contributed by atoms with E-state index in [0.29, 0.717) is 12.8 Å². The van der Waals surface area contributed by atoms with Crippen molar-refractivity contribution in [1.82, 2.24) is 14.7 Å². The highest BCUT2D eigenvalue weighted by Gasteiger charge is 2.33. The Kier molecular flexibility index (Phi) is 5.31. The van der Waals surface area contributed by atoms with Crippen LogP contribution in [0.5, 0.6) is 0 Å². The molecule has 0 aromatic carbocycles. The van der Waals surface area contributed by atoms with Crippen LogP contribution in [-0.4, -0.2) is 66.7 Å². The van der Waals surface area contributed by atoms with Gasteiger partial charge in [-0.3, -0.25) is 9.48 Å². The van der Waals surface area contributed by atoms with Crippen molar-refractivity contribution >= 4 is 21.4 Å². The van der Waals surface area contributed by atoms with E-state index >= 15 is 0 Å². The van der Waals surface area contributed by atoms with Crippen LogP contribution in [0.3, 0.4) is 0 Å². The maximum absolute atomic E-state index is 12.5. The summed E-state index contributed by atoms with van der Waals surface area (Å²) in [7, 11) is -2.94. The average molecular weight is 397 g/mol. The lowest BCUT2D eigenvalue weighted by Gasteiger charge is -2.37. The molecule has 2 aliphatic rings. The summed E-state index contributed by atoms with van der Waals surface area (Å²) in [5.74, 6) is 0.658. The third-order valence-corrected chi connectivity index (χ3v) is 7.22. The number of nitrogens with zero attached hydrogens (tertiary/aromatic N) is 4. The molecule has 0 bridgehead atoms. The largest absolute Gasteiger partial charge is 0.365 e. The zero-order chi connectivity index (χ0) is 20.0. The van der Waals surface area contributed by atoms with Crippen molar-refractivity contribution < 1.29 is 13.2 Å². The predicted molar refractivity (Wildman–Crippen MR) is 107 cm³/mol. The van der Waals surface area contributed by atoms with Crippen LogP contribution in [0, 0.1) is 19.3 Å². The first-order valence-electron chi connectivity index (χ1n) is 9.76. The number of hydrogen-bond donors (Lipinski definition) is 0. The second-order valence-electron chi connectivity index (χ2n) is 9.13. The maximum atomic E-state index is 12.5. The van der Waals surface area contributed by atoms with E-state index < -0.39 is 9.84 Å². The summed E-state index contributed by atoms with van der Waals surface area (Å²) in [4.78, 5) is 16.7. The Labute approximate surface area is 162 Å². The van der Waals surface area contributed by atoms with Crippen LogP contribution in [0.4, 0.5) is 5.69 Å². The molecular formula is C19H32N4O3S. The Balaban J connectivity index is 1.69. The molecule has 0 spiro atoms. The molecule has 8 heteroatoms. The predicted octanol–water partition coefficient (Wildman–Crippen LogP) is 1.94. The van der Waals surface area contributed by atoms with Crippen LogP contribution in [0.2, 0.25) is 0 Å². The zero-order valence-electron chi connectivity index (χ0n) is 17.2. The van der Waals surface area contributed by atoms with Crippen molar-refractivity contribution in [1.29, 1.82) is 0 Å². The molecular weight excluding hydrogens is 364 g/mol. The number of sulfone groups is 1. The van der Waals surface area contributed by atoms with Crippen molar-refractivity contribution in [2.45, 2.75) is 53.5 Å². The maximum Gasteiger partial charge on any atom is 0.223 e. The van der Waals surface area contributed by atoms with Crippen LogP contribution in [0.1, 0.15) is 51.0 Å². The summed E-state index contributed by atoms with van der Waals surface area (Å²) < 4.78 is 25.6. The number of anilines is 1. The number of aromatic nitrogens is 2. The number of carbonyl (C=O) groups excluding carboxylic acids is 1. The standard InChI is InChI=1S/C19H32N4O3S/c1-14-18(15(2)23(20-14)16-6-11-27(25,26)13-16)22-9-7-21(8-10-22)17(24)12-19(3,4)5/h16H,6-13H2,1-5H3. The SMILES string of the molecule is Cc1nn(C2CCS(=O)(=O)C2)c(C)c1N1CCN(C(=O)CC(C)(C)C)CC1. The molecule has 27 heavy (non-hydrogen) atoms. The third kappa shape index (κ3) is 4.47. The molecule has 2 saturated heterocycles. The second kappa shape index (κ2) is 7.11. The summed E-state index contributed by atoms with van der Waals surface area (Å²) >= 11 is 0. The second-order valence-corrected chi connectivity index (χ2v) is 11.4. The molecule has 2 fully saturated rings. The van der Waals surface area contributed by atoms with Gasteiger partial charge in [-0.2, -0.15) is 5.10 Å². The Morgan fingerprint density at radius 2 is 1.78 bits per heavy atom. The summed E-state index contributed by atoms with van der Waals surface area (Å²) in [5.41, 5.74) is 3.07. The summed E-state index contributed by atoms with van der Waals surface area (Å²) in [6.07, 6.45) is 1.21. The van der Waals surface area contributed by atoms with Crippen molar-refractivity contribution in [2.24, 2.45) is 5.41 Å². The first-order valence-corrected chi connectivity index (χ1v) is 11.6. The molecule has 1 amide bonds. The normalized spacial score (nSPS) is 23.1. The highest BCUT2D eigenvalue weighted by Crippen LogP contribution is 2.32. The first kappa shape index (κ1) is 20.2. The highest BCUT2D eigenvalue weighted by atomic mass is 32.2. The molecule has 0 N–H and O–H groups in total. The molecule has 3 rings (SSSR count). The lowest BCUT2D eigenvalue weighted by atomic mass is 9.91. The summed E-state index contributed by atoms with van der Waals surface area (Å²) in [6.45, 7) is 13.3. The Morgan fingerprint density at radius 3 is 2.30 bits per heavy atom. The van der Waals surface area contributed by atoms with Crippen LogP contribution in [0.15, 0.2) is 0 Å². The summed E-state index contributed by atoms with van der Waals surface area (Å²) in [5, 5.41) is 4.67. The number of rotatable bonds is 3. The van der Waals surface area contributed by atoms with E-state index in [1.807, 2.05) is 23.4 Å². The number of piperazine rings is 1. The molecule has 3 heterocycles. The molecule has 7 nitrogen and oxygen atoms in total. The molecule has 2 aliphatic heterocycles. The lowest BCUT2D eigenvalue weighted by Crippen LogP contribution is -2.49. The van der Waals surface area contributed by atoms with Gasteiger partial charge in [-0.15, -0.1) is 0 Å². The molecule has 1 unspecified atom stereocenters. The molecule has 0 radical (unpaired) electrons. The number of amides is 1. The highest BCUT2D eigenvalue weighted by molar-refractivity contribution is 7.91. The molecule has 0 aliphatic carbocycles. The topological polar surface area (TPSA) is 75.5 Å². The zero-order valence-corrected chi connectivity index (χ0v) is 18.0. The molecule has 1 aromatic heterocycles. The van der Waals surface area contributed by atoms with Gasteiger partial charge >= 0.3 is 0 Å². The van der Waals surface area contributed by atoms with Gasteiger partial charge in [-0.25, -0.2) is 8.42 Å². The quantitative estimate of drug-likeness (QED) is 0.781. The minimum atomic E-state index is -2.94. The number of hydrogen-bond acceptors (Lipinski definition) is 5. The fourth-order valence-electron chi connectivity index (χ4n) is 4.18. The van der Waals surface area contributed by atoms with Crippen LogP contribution in [-0.2, 0) is 14.6 Å². The van der Waals surface area contributed by atoms with Gasteiger partial charge < -0.3 is 9.80 Å². The molecule has 1 aromatic rings. The van der Waals surface area contributed by atoms with Gasteiger partial charge in [-0.05, 0) is 25.7 Å². The van der Waals surface area contributed by atoms with Gasteiger partial charge in [0.15, 0.2) is 9.84 Å². The van der Waals surface area contributed by atoms with Crippen LogP contribution >= 0.6 is 0 Å². The Bertz CT molecular complexity index is 815. The van der Waals surface area contributed by atoms with E-state index in [2.05, 4.69) is 30.8 Å². The van der Waals surface area contributed by atoms with Gasteiger partial charge in [0.05, 0.1) is 34.6 Å². The smallest absolute Gasteiger partial charge is 0.223 e. The number of aryl methyl sites for hydroxylation is 1. The number of carbonyl (C=O) groups is 1. The minimum Gasteiger partial charge on any atom is -0.365 e. The Morgan fingerprint density at radius 1 is 1.15 bits per heavy atom. The fraction of sp³-hybridized carbons (Fsp3) is 0.789. The molecule has 1 atom stereocenters. The minimum absolute atomic E-state index is 0.00412. The van der Waals surface area contributed by atoms with Crippen molar-refractivity contribution in [2.75, 3.05) is 42.6 Å². The van der Waals surface area contributed by atoms with Gasteiger partial charge in [0.1, 0.15) is 0 Å². The van der Waals surface area contributed by atoms with E-state index in [0.717, 1.165) is 43.3 Å². The molecule has 152 valence electrons. The van der Waals surface area contributed by atoms with Crippen LogP contribution in [0.25, 0.3) is 0 Å².